The van der Waals surface area contributed by atoms with E-state index < -0.39 is 5.60 Å². The van der Waals surface area contributed by atoms with Gasteiger partial charge in [-0.2, -0.15) is 0 Å². The summed E-state index contributed by atoms with van der Waals surface area (Å²) in [6.45, 7) is 3.61. The first-order valence-corrected chi connectivity index (χ1v) is 9.58. The van der Waals surface area contributed by atoms with E-state index in [-0.39, 0.29) is 12.5 Å². The van der Waals surface area contributed by atoms with Crippen molar-refractivity contribution in [2.75, 3.05) is 20.3 Å². The zero-order chi connectivity index (χ0) is 18.7. The molecule has 1 aromatic heterocycles. The Balaban J connectivity index is 1.81. The lowest BCUT2D eigenvalue weighted by Gasteiger charge is -2.35. The van der Waals surface area contributed by atoms with Crippen LogP contribution in [-0.2, 0) is 11.3 Å². The summed E-state index contributed by atoms with van der Waals surface area (Å²) < 4.78 is 7.14. The highest BCUT2D eigenvalue weighted by atomic mass is 35.5. The second-order valence-corrected chi connectivity index (χ2v) is 7.88. The average Bonchev–Trinajstić information content (AvgIpc) is 2.98. The molecule has 1 fully saturated rings. The number of benzene rings is 1. The third-order valence-corrected chi connectivity index (χ3v) is 5.60. The first-order chi connectivity index (χ1) is 12.4. The lowest BCUT2D eigenvalue weighted by atomic mass is 9.79. The van der Waals surface area contributed by atoms with Gasteiger partial charge in [0, 0.05) is 31.8 Å². The van der Waals surface area contributed by atoms with Crippen molar-refractivity contribution in [1.29, 1.82) is 0 Å². The van der Waals surface area contributed by atoms with E-state index in [9.17, 15) is 9.90 Å². The van der Waals surface area contributed by atoms with Crippen molar-refractivity contribution < 1.29 is 14.6 Å². The van der Waals surface area contributed by atoms with Crippen LogP contribution in [0.3, 0.4) is 0 Å². The number of carbonyl (C=O) groups is 1. The van der Waals surface area contributed by atoms with Crippen molar-refractivity contribution in [3.05, 3.63) is 35.0 Å². The molecule has 26 heavy (non-hydrogen) atoms. The Morgan fingerprint density at radius 3 is 3.04 bits per heavy atom. The maximum absolute atomic E-state index is 12.8. The number of rotatable bonds is 6. The highest BCUT2D eigenvalue weighted by molar-refractivity contribution is 6.36. The van der Waals surface area contributed by atoms with Gasteiger partial charge in [0.05, 0.1) is 28.3 Å². The molecule has 0 spiro atoms. The summed E-state index contributed by atoms with van der Waals surface area (Å²) in [6, 6.07) is 5.61. The Hall–Kier alpha value is -1.56. The molecule has 0 aliphatic heterocycles. The van der Waals surface area contributed by atoms with Gasteiger partial charge >= 0.3 is 0 Å². The minimum Gasteiger partial charge on any atom is -0.388 e. The van der Waals surface area contributed by atoms with Crippen molar-refractivity contribution in [3.63, 3.8) is 0 Å². The SMILES string of the molecule is COCCn1cc(C(=O)NC[C@@]2(O)CCCC(C)C2)c2c(Cl)cccc21. The van der Waals surface area contributed by atoms with E-state index in [2.05, 4.69) is 12.2 Å². The van der Waals surface area contributed by atoms with Crippen molar-refractivity contribution in [2.45, 2.75) is 44.8 Å². The summed E-state index contributed by atoms with van der Waals surface area (Å²) in [4.78, 5) is 12.8. The fourth-order valence-corrected chi connectivity index (χ4v) is 4.26. The molecule has 6 heteroatoms. The highest BCUT2D eigenvalue weighted by Gasteiger charge is 2.33. The van der Waals surface area contributed by atoms with Crippen molar-refractivity contribution in [3.8, 4) is 0 Å². The van der Waals surface area contributed by atoms with Crippen LogP contribution in [0.25, 0.3) is 10.9 Å². The Bertz CT molecular complexity index is 789. The number of hydrogen-bond donors (Lipinski definition) is 2. The fourth-order valence-electron chi connectivity index (χ4n) is 3.99. The van der Waals surface area contributed by atoms with Gasteiger partial charge in [-0.15, -0.1) is 0 Å². The van der Waals surface area contributed by atoms with Crippen LogP contribution in [0.1, 0.15) is 43.0 Å². The number of methoxy groups -OCH3 is 1. The van der Waals surface area contributed by atoms with E-state index in [1.54, 1.807) is 13.2 Å². The molecule has 1 aliphatic carbocycles. The number of amides is 1. The molecule has 3 rings (SSSR count). The van der Waals surface area contributed by atoms with Crippen LogP contribution in [0.2, 0.25) is 5.02 Å². The van der Waals surface area contributed by atoms with Crippen molar-refractivity contribution in [2.24, 2.45) is 5.92 Å². The summed E-state index contributed by atoms with van der Waals surface area (Å²) in [6.07, 6.45) is 5.41. The van der Waals surface area contributed by atoms with Gasteiger partial charge in [-0.05, 0) is 30.9 Å². The van der Waals surface area contributed by atoms with Crippen molar-refractivity contribution in [1.82, 2.24) is 9.88 Å². The molecule has 2 atom stereocenters. The number of halogens is 1. The van der Waals surface area contributed by atoms with E-state index in [1.165, 1.54) is 0 Å². The Morgan fingerprint density at radius 2 is 2.31 bits per heavy atom. The predicted molar refractivity (Wildman–Crippen MR) is 104 cm³/mol. The fraction of sp³-hybridized carbons (Fsp3) is 0.550. The topological polar surface area (TPSA) is 63.5 Å². The van der Waals surface area contributed by atoms with Crippen LogP contribution in [0, 0.1) is 5.92 Å². The molecule has 0 radical (unpaired) electrons. The standard InChI is InChI=1S/C20H27ClN2O3/c1-14-5-4-8-20(25,11-14)13-22-19(24)15-12-23(9-10-26-2)17-7-3-6-16(21)18(15)17/h3,6-7,12,14,25H,4-5,8-11,13H2,1-2H3,(H,22,24)/t14?,20-/m1/s1. The minimum absolute atomic E-state index is 0.203. The number of aliphatic hydroxyl groups is 1. The molecule has 2 N–H and O–H groups in total. The molecule has 142 valence electrons. The van der Waals surface area contributed by atoms with Crippen LogP contribution in [-0.4, -0.2) is 41.4 Å². The number of fused-ring (bicyclic) bond motifs is 1. The molecule has 1 heterocycles. The molecule has 0 saturated heterocycles. The normalized spacial score (nSPS) is 23.3. The van der Waals surface area contributed by atoms with E-state index in [1.807, 2.05) is 22.9 Å². The van der Waals surface area contributed by atoms with Gasteiger partial charge in [-0.1, -0.05) is 37.4 Å². The first kappa shape index (κ1) is 19.2. The van der Waals surface area contributed by atoms with Gasteiger partial charge in [0.1, 0.15) is 0 Å². The third kappa shape index (κ3) is 4.05. The molecular weight excluding hydrogens is 352 g/mol. The van der Waals surface area contributed by atoms with Gasteiger partial charge in [0.2, 0.25) is 0 Å². The third-order valence-electron chi connectivity index (χ3n) is 5.28. The highest BCUT2D eigenvalue weighted by Crippen LogP contribution is 2.32. The molecule has 1 amide bonds. The summed E-state index contributed by atoms with van der Waals surface area (Å²) >= 11 is 6.38. The molecule has 1 aromatic carbocycles. The van der Waals surface area contributed by atoms with Gasteiger partial charge in [0.15, 0.2) is 0 Å². The van der Waals surface area contributed by atoms with Gasteiger partial charge in [0.25, 0.3) is 5.91 Å². The molecule has 0 bridgehead atoms. The lowest BCUT2D eigenvalue weighted by Crippen LogP contribution is -2.45. The van der Waals surface area contributed by atoms with Crippen LogP contribution < -0.4 is 5.32 Å². The monoisotopic (exact) mass is 378 g/mol. The van der Waals surface area contributed by atoms with Crippen LogP contribution in [0.4, 0.5) is 0 Å². The average molecular weight is 379 g/mol. The Morgan fingerprint density at radius 1 is 1.50 bits per heavy atom. The lowest BCUT2D eigenvalue weighted by molar-refractivity contribution is -0.0109. The van der Waals surface area contributed by atoms with Crippen LogP contribution >= 0.6 is 11.6 Å². The zero-order valence-electron chi connectivity index (χ0n) is 15.4. The number of carbonyl (C=O) groups excluding carboxylic acids is 1. The molecule has 1 aliphatic rings. The zero-order valence-corrected chi connectivity index (χ0v) is 16.2. The smallest absolute Gasteiger partial charge is 0.253 e. The molecule has 1 unspecified atom stereocenters. The van der Waals surface area contributed by atoms with Gasteiger partial charge in [-0.25, -0.2) is 0 Å². The Labute approximate surface area is 159 Å². The van der Waals surface area contributed by atoms with Gasteiger partial charge < -0.3 is 19.7 Å². The Kier molecular flexibility index (Phi) is 5.90. The first-order valence-electron chi connectivity index (χ1n) is 9.20. The van der Waals surface area contributed by atoms with Crippen molar-refractivity contribution >= 4 is 28.4 Å². The second-order valence-electron chi connectivity index (χ2n) is 7.47. The molecule has 2 aromatic rings. The van der Waals surface area contributed by atoms with Crippen LogP contribution in [0.5, 0.6) is 0 Å². The summed E-state index contributed by atoms with van der Waals surface area (Å²) in [5, 5.41) is 15.0. The van der Waals surface area contributed by atoms with E-state index in [0.717, 1.165) is 36.6 Å². The number of nitrogens with zero attached hydrogens (tertiary/aromatic N) is 1. The largest absolute Gasteiger partial charge is 0.388 e. The van der Waals surface area contributed by atoms with Crippen LogP contribution in [0.15, 0.2) is 24.4 Å². The summed E-state index contributed by atoms with van der Waals surface area (Å²) in [7, 11) is 1.65. The quantitative estimate of drug-likeness (QED) is 0.807. The second kappa shape index (κ2) is 7.99. The van der Waals surface area contributed by atoms with Gasteiger partial charge in [-0.3, -0.25) is 4.79 Å². The number of hydrogen-bond acceptors (Lipinski definition) is 3. The number of aromatic nitrogens is 1. The maximum Gasteiger partial charge on any atom is 0.253 e. The number of nitrogens with one attached hydrogen (secondary N) is 1. The summed E-state index contributed by atoms with van der Waals surface area (Å²) in [5.74, 6) is 0.280. The molecule has 5 nitrogen and oxygen atoms in total. The predicted octanol–water partition coefficient (Wildman–Crippen LogP) is 3.61. The number of ether oxygens (including phenoxy) is 1. The maximum atomic E-state index is 12.8. The van der Waals surface area contributed by atoms with E-state index in [4.69, 9.17) is 16.3 Å². The molecule has 1 saturated carbocycles. The summed E-state index contributed by atoms with van der Waals surface area (Å²) in [5.41, 5.74) is 0.629. The van der Waals surface area contributed by atoms with E-state index >= 15 is 0 Å². The van der Waals surface area contributed by atoms with E-state index in [0.29, 0.717) is 29.7 Å². The minimum atomic E-state index is -0.814. The molecular formula is C20H27ClN2O3.